The van der Waals surface area contributed by atoms with Crippen molar-refractivity contribution in [1.82, 2.24) is 41.0 Å². The van der Waals surface area contributed by atoms with Gasteiger partial charge in [-0.25, -0.2) is 4.79 Å². The number of hydrazone groups is 1. The largest absolute Gasteiger partial charge is 0.497 e. The second-order valence-corrected chi connectivity index (χ2v) is 24.2. The number of carbonyl (C=O) groups is 10. The molecular formula is C60H95N9O14. The van der Waals surface area contributed by atoms with Crippen molar-refractivity contribution in [3.05, 3.63) is 29.8 Å². The summed E-state index contributed by atoms with van der Waals surface area (Å²) in [6.45, 7) is 22.6. The van der Waals surface area contributed by atoms with Crippen LogP contribution < -0.4 is 26.1 Å². The van der Waals surface area contributed by atoms with Crippen LogP contribution in [0.25, 0.3) is 0 Å². The van der Waals surface area contributed by atoms with Gasteiger partial charge in [0.1, 0.15) is 53.8 Å². The lowest BCUT2D eigenvalue weighted by Crippen LogP contribution is -2.62. The van der Waals surface area contributed by atoms with E-state index in [2.05, 4.69) is 26.5 Å². The number of likely N-dealkylation sites (tertiary alicyclic amines) is 1. The number of aliphatic hydroxyl groups is 1. The van der Waals surface area contributed by atoms with Crippen molar-refractivity contribution in [2.45, 2.75) is 214 Å². The molecule has 23 nitrogen and oxygen atoms in total. The average molecular weight is 1170 g/mol. The molecule has 3 aliphatic rings. The van der Waals surface area contributed by atoms with Crippen molar-refractivity contribution >= 4 is 64.8 Å². The molecule has 0 aromatic heterocycles. The molecule has 3 fully saturated rings. The lowest BCUT2D eigenvalue weighted by molar-refractivity contribution is -0.163. The number of cyclic esters (lactones) is 2. The van der Waals surface area contributed by atoms with Gasteiger partial charge in [0.15, 0.2) is 11.9 Å². The molecule has 1 aromatic rings. The minimum atomic E-state index is -1.76. The monoisotopic (exact) mass is 1170 g/mol. The Morgan fingerprint density at radius 3 is 2.08 bits per heavy atom. The summed E-state index contributed by atoms with van der Waals surface area (Å²) >= 11 is 0. The van der Waals surface area contributed by atoms with Gasteiger partial charge in [-0.2, -0.15) is 5.10 Å². The predicted octanol–water partition coefficient (Wildman–Crippen LogP) is 3.31. The molecule has 3 aliphatic heterocycles. The number of esters is 2. The fourth-order valence-corrected chi connectivity index (χ4v) is 10.7. The van der Waals surface area contributed by atoms with Gasteiger partial charge in [-0.15, -0.1) is 0 Å². The average Bonchev–Trinajstić information content (AvgIpc) is 4.18. The normalized spacial score (nSPS) is 26.8. The molecule has 4 rings (SSSR count). The Bertz CT molecular complexity index is 2480. The Labute approximate surface area is 490 Å². The highest BCUT2D eigenvalue weighted by atomic mass is 16.6. The lowest BCUT2D eigenvalue weighted by atomic mass is 9.91. The van der Waals surface area contributed by atoms with E-state index < -0.39 is 144 Å². The number of rotatable bonds is 17. The molecule has 0 bridgehead atoms. The number of hydrogen-bond acceptors (Lipinski definition) is 16. The van der Waals surface area contributed by atoms with Gasteiger partial charge in [-0.05, 0) is 115 Å². The molecule has 3 heterocycles. The summed E-state index contributed by atoms with van der Waals surface area (Å²) in [5.74, 6) is -9.94. The summed E-state index contributed by atoms with van der Waals surface area (Å²) in [6, 6.07) is -2.13. The van der Waals surface area contributed by atoms with Gasteiger partial charge in [0, 0.05) is 39.6 Å². The number of nitrogens with one attached hydrogen (secondary N) is 4. The van der Waals surface area contributed by atoms with Crippen molar-refractivity contribution in [2.75, 3.05) is 34.3 Å². The molecule has 12 atom stereocenters. The van der Waals surface area contributed by atoms with Crippen LogP contribution >= 0.6 is 0 Å². The number of ether oxygens (including phenoxy) is 3. The van der Waals surface area contributed by atoms with E-state index in [1.165, 1.54) is 54.7 Å². The van der Waals surface area contributed by atoms with Crippen molar-refractivity contribution < 1.29 is 67.3 Å². The summed E-state index contributed by atoms with van der Waals surface area (Å²) < 4.78 is 17.3. The number of benzene rings is 1. The zero-order chi connectivity index (χ0) is 62.3. The van der Waals surface area contributed by atoms with Gasteiger partial charge in [0.25, 0.3) is 5.91 Å². The summed E-state index contributed by atoms with van der Waals surface area (Å²) in [7, 11) is 4.35. The van der Waals surface area contributed by atoms with Crippen LogP contribution in [0.2, 0.25) is 0 Å². The minimum absolute atomic E-state index is 0.0529. The summed E-state index contributed by atoms with van der Waals surface area (Å²) in [6.07, 6.45) is -3.49. The molecule has 7 amide bonds. The number of methoxy groups -OCH3 is 1. The molecule has 0 saturated carbocycles. The van der Waals surface area contributed by atoms with Crippen molar-refractivity contribution in [1.29, 1.82) is 0 Å². The van der Waals surface area contributed by atoms with E-state index in [9.17, 15) is 38.7 Å². The molecule has 5 N–H and O–H groups in total. The summed E-state index contributed by atoms with van der Waals surface area (Å²) in [5, 5.41) is 24.4. The number of aliphatic hydroxyl groups excluding tert-OH is 1. The first-order valence-corrected chi connectivity index (χ1v) is 29.5. The maximum absolute atomic E-state index is 15.1. The van der Waals surface area contributed by atoms with Gasteiger partial charge < -0.3 is 60.3 Å². The van der Waals surface area contributed by atoms with E-state index in [1.807, 2.05) is 41.5 Å². The fraction of sp³-hybridized carbons (Fsp3) is 0.717. The van der Waals surface area contributed by atoms with Crippen LogP contribution in [0.15, 0.2) is 29.4 Å². The summed E-state index contributed by atoms with van der Waals surface area (Å²) in [5.41, 5.74) is 3.59. The Morgan fingerprint density at radius 2 is 1.51 bits per heavy atom. The number of fused-ring (bicyclic) bond motifs is 1. The minimum Gasteiger partial charge on any atom is -0.497 e. The lowest BCUT2D eigenvalue weighted by Gasteiger charge is -2.36. The second-order valence-electron chi connectivity index (χ2n) is 24.2. The van der Waals surface area contributed by atoms with Crippen molar-refractivity contribution in [3.63, 3.8) is 0 Å². The van der Waals surface area contributed by atoms with E-state index in [-0.39, 0.29) is 62.4 Å². The SMILES string of the molecule is CC[C@H](C)[C@@H]1NC(=O)[C@@H](NC(=O)[C@@H](CC(C)C)N(C)C(=O)[C@@H]2CCCN2C(=O)/C(C)=N/NC(C)C)[C@@H](C)OC(=O)[C@H](Cc2ccc(OC)cc2)N(C)C(=O)[C@@H]2CCCN2C(=O)[C@H](CC(C)C)NC(=O)[C@@H](C)C(=O)[C@H](C(C)C)OC(=O)C[C@@H]1O. The number of carbonyl (C=O) groups excluding carboxylic acids is 10. The van der Waals surface area contributed by atoms with Crippen molar-refractivity contribution in [2.24, 2.45) is 34.7 Å². The zero-order valence-electron chi connectivity index (χ0n) is 51.8. The number of ketones is 1. The Kier molecular flexibility index (Phi) is 26.0. The molecule has 3 saturated heterocycles. The maximum Gasteiger partial charge on any atom is 0.329 e. The smallest absolute Gasteiger partial charge is 0.329 e. The molecule has 0 radical (unpaired) electrons. The third kappa shape index (κ3) is 18.4. The van der Waals surface area contributed by atoms with Crippen molar-refractivity contribution in [3.8, 4) is 5.75 Å². The first-order chi connectivity index (χ1) is 38.9. The highest BCUT2D eigenvalue weighted by Gasteiger charge is 2.46. The van der Waals surface area contributed by atoms with Gasteiger partial charge in [0.2, 0.25) is 35.4 Å². The Balaban J connectivity index is 1.88. The van der Waals surface area contributed by atoms with Crippen LogP contribution in [-0.2, 0) is 63.8 Å². The topological polar surface area (TPSA) is 292 Å². The first-order valence-electron chi connectivity index (χ1n) is 29.5. The second kappa shape index (κ2) is 31.3. The van der Waals surface area contributed by atoms with E-state index >= 15 is 14.4 Å². The molecule has 464 valence electrons. The molecular weight excluding hydrogens is 1070 g/mol. The Hall–Kier alpha value is -6.65. The Morgan fingerprint density at radius 1 is 0.867 bits per heavy atom. The molecule has 83 heavy (non-hydrogen) atoms. The predicted molar refractivity (Wildman–Crippen MR) is 310 cm³/mol. The van der Waals surface area contributed by atoms with E-state index in [0.717, 1.165) is 0 Å². The molecule has 0 aliphatic carbocycles. The van der Waals surface area contributed by atoms with Gasteiger partial charge in [0.05, 0.1) is 31.6 Å². The highest BCUT2D eigenvalue weighted by Crippen LogP contribution is 2.27. The molecule has 1 aromatic carbocycles. The number of amides is 7. The molecule has 0 spiro atoms. The number of nitrogens with zero attached hydrogens (tertiary/aromatic N) is 5. The molecule has 23 heteroatoms. The van der Waals surface area contributed by atoms with E-state index in [0.29, 0.717) is 37.0 Å². The highest BCUT2D eigenvalue weighted by molar-refractivity contribution is 6.38. The quantitative estimate of drug-likeness (QED) is 0.0647. The van der Waals surface area contributed by atoms with Crippen LogP contribution in [0.4, 0.5) is 0 Å². The number of hydrogen-bond donors (Lipinski definition) is 5. The molecule has 0 unspecified atom stereocenters. The van der Waals surface area contributed by atoms with Crippen LogP contribution in [0.5, 0.6) is 5.75 Å². The third-order valence-electron chi connectivity index (χ3n) is 15.9. The summed E-state index contributed by atoms with van der Waals surface area (Å²) in [4.78, 5) is 150. The van der Waals surface area contributed by atoms with Crippen LogP contribution in [0, 0.1) is 29.6 Å². The third-order valence-corrected chi connectivity index (χ3v) is 15.9. The van der Waals surface area contributed by atoms with Crippen LogP contribution in [-0.4, -0.2) is 190 Å². The number of likely N-dealkylation sites (N-methyl/N-ethyl adjacent to an activating group) is 2. The zero-order valence-corrected chi connectivity index (χ0v) is 51.8. The van der Waals surface area contributed by atoms with E-state index in [4.69, 9.17) is 14.2 Å². The number of Topliss-reactive ketones (excluding diaryl/α,β-unsaturated/α-hetero) is 1. The van der Waals surface area contributed by atoms with Gasteiger partial charge in [-0.1, -0.05) is 73.9 Å². The maximum atomic E-state index is 15.1. The van der Waals surface area contributed by atoms with E-state index in [1.54, 1.807) is 58.9 Å². The van der Waals surface area contributed by atoms with Crippen LogP contribution in [0.1, 0.15) is 147 Å². The standard InChI is InChI=1S/C60H95N9O14/c1-17-36(10)49-47(70)31-48(71)83-52(34(6)7)51(72)37(11)53(73)61-42(28-32(2)3)57(77)69-27-19-21-44(69)59(79)67(15)46(30-40-22-24-41(81-16)25-23-40)60(80)82-39(13)50(55(75)62-49)63-54(74)45(29-33(4)5)66(14)58(78)43-20-18-26-68(43)56(76)38(12)65-64-35(8)9/h22-25,32-37,39,42-47,49-50,52,64,70H,17-21,26-31H2,1-16H3,(H,61,73)(H,62,75)(H,63,74)/b65-38+/t36-,37-,39+,42-,43-,44-,45+,46-,47-,49-,50-,52-/m0/s1. The van der Waals surface area contributed by atoms with Crippen LogP contribution in [0.3, 0.4) is 0 Å². The van der Waals surface area contributed by atoms with Gasteiger partial charge >= 0.3 is 11.9 Å². The van der Waals surface area contributed by atoms with Gasteiger partial charge in [-0.3, -0.25) is 43.2 Å². The first kappa shape index (κ1) is 68.8. The fourth-order valence-electron chi connectivity index (χ4n) is 10.7.